The van der Waals surface area contributed by atoms with E-state index < -0.39 is 19.1 Å². The van der Waals surface area contributed by atoms with Gasteiger partial charge in [-0.25, -0.2) is 8.78 Å². The van der Waals surface area contributed by atoms with Crippen LogP contribution in [0.3, 0.4) is 0 Å². The summed E-state index contributed by atoms with van der Waals surface area (Å²) < 4.78 is 25.2. The number of rotatable bonds is 4. The number of carbonyl (C=O) groups excluding carboxylic acids is 1. The lowest BCUT2D eigenvalue weighted by Gasteiger charge is -2.23. The Kier molecular flexibility index (Phi) is 4.41. The minimum Gasteiger partial charge on any atom is -0.390 e. The van der Waals surface area contributed by atoms with E-state index in [1.165, 1.54) is 0 Å². The van der Waals surface area contributed by atoms with Gasteiger partial charge in [-0.15, -0.1) is 0 Å². The third-order valence-corrected chi connectivity index (χ3v) is 2.42. The van der Waals surface area contributed by atoms with Crippen molar-refractivity contribution >= 4 is 5.91 Å². The van der Waals surface area contributed by atoms with E-state index in [0.717, 1.165) is 19.4 Å². The van der Waals surface area contributed by atoms with Crippen LogP contribution in [-0.4, -0.2) is 43.2 Å². The molecule has 1 aliphatic rings. The van der Waals surface area contributed by atoms with E-state index >= 15 is 0 Å². The van der Waals surface area contributed by atoms with Crippen LogP contribution in [0.4, 0.5) is 8.78 Å². The average Bonchev–Trinajstić information content (AvgIpc) is 2.27. The second-order valence-corrected chi connectivity index (χ2v) is 3.78. The van der Waals surface area contributed by atoms with Crippen LogP contribution in [0.1, 0.15) is 12.8 Å². The molecule has 88 valence electrons. The van der Waals surface area contributed by atoms with E-state index in [1.807, 2.05) is 0 Å². The summed E-state index contributed by atoms with van der Waals surface area (Å²) in [5.41, 5.74) is 0. The molecule has 0 bridgehead atoms. The summed E-state index contributed by atoms with van der Waals surface area (Å²) in [6, 6.07) is 0. The molecule has 1 unspecified atom stereocenters. The molecule has 1 aliphatic heterocycles. The van der Waals surface area contributed by atoms with E-state index in [9.17, 15) is 13.6 Å². The lowest BCUT2D eigenvalue weighted by atomic mass is 9.99. The molecule has 1 heterocycles. The topological polar surface area (TPSA) is 61.4 Å². The van der Waals surface area contributed by atoms with Crippen molar-refractivity contribution in [2.75, 3.05) is 26.2 Å². The number of amides is 1. The molecule has 1 amide bonds. The fourth-order valence-electron chi connectivity index (χ4n) is 1.49. The van der Waals surface area contributed by atoms with Crippen LogP contribution in [0.2, 0.25) is 0 Å². The van der Waals surface area contributed by atoms with Crippen molar-refractivity contribution in [1.82, 2.24) is 10.6 Å². The highest BCUT2D eigenvalue weighted by atomic mass is 19.3. The molecule has 6 heteroatoms. The second kappa shape index (κ2) is 5.37. The van der Waals surface area contributed by atoms with E-state index in [2.05, 4.69) is 10.6 Å². The first-order valence-corrected chi connectivity index (χ1v) is 5.02. The molecule has 0 aromatic heterocycles. The predicted octanol–water partition coefficient (Wildman–Crippen LogP) is -0.270. The van der Waals surface area contributed by atoms with Gasteiger partial charge in [-0.2, -0.15) is 0 Å². The number of piperidine rings is 1. The van der Waals surface area contributed by atoms with Gasteiger partial charge in [0.25, 0.3) is 5.92 Å². The third-order valence-electron chi connectivity index (χ3n) is 2.42. The second-order valence-electron chi connectivity index (χ2n) is 3.78. The Hall–Kier alpha value is -0.750. The van der Waals surface area contributed by atoms with Crippen molar-refractivity contribution in [3.05, 3.63) is 0 Å². The number of alkyl halides is 2. The van der Waals surface area contributed by atoms with E-state index in [4.69, 9.17) is 5.11 Å². The molecule has 1 fully saturated rings. The van der Waals surface area contributed by atoms with Crippen LogP contribution < -0.4 is 10.6 Å². The van der Waals surface area contributed by atoms with Gasteiger partial charge in [0.15, 0.2) is 0 Å². The standard InChI is InChI=1S/C9H16F2N2O2/c10-9(11,6-14)5-13-8(15)7-2-1-3-12-4-7/h7,12,14H,1-6H2,(H,13,15). The fraction of sp³-hybridized carbons (Fsp3) is 0.889. The Labute approximate surface area is 87.0 Å². The molecule has 0 aliphatic carbocycles. The maximum absolute atomic E-state index is 12.6. The number of aliphatic hydroxyl groups is 1. The number of hydrogen-bond acceptors (Lipinski definition) is 3. The molecule has 1 atom stereocenters. The van der Waals surface area contributed by atoms with Gasteiger partial charge in [0, 0.05) is 6.54 Å². The third kappa shape index (κ3) is 4.09. The first kappa shape index (κ1) is 12.3. The van der Waals surface area contributed by atoms with Gasteiger partial charge < -0.3 is 15.7 Å². The smallest absolute Gasteiger partial charge is 0.287 e. The minimum atomic E-state index is -3.22. The molecule has 0 aromatic rings. The zero-order valence-corrected chi connectivity index (χ0v) is 8.43. The lowest BCUT2D eigenvalue weighted by molar-refractivity contribution is -0.128. The van der Waals surface area contributed by atoms with Crippen LogP contribution in [0.5, 0.6) is 0 Å². The molecule has 15 heavy (non-hydrogen) atoms. The van der Waals surface area contributed by atoms with Crippen LogP contribution in [0, 0.1) is 5.92 Å². The monoisotopic (exact) mass is 222 g/mol. The number of nitrogens with one attached hydrogen (secondary N) is 2. The van der Waals surface area contributed by atoms with Gasteiger partial charge in [0.2, 0.25) is 5.91 Å². The van der Waals surface area contributed by atoms with Crippen LogP contribution in [0.25, 0.3) is 0 Å². The summed E-state index contributed by atoms with van der Waals surface area (Å²) in [6.07, 6.45) is 1.61. The maximum atomic E-state index is 12.6. The van der Waals surface area contributed by atoms with E-state index in [1.54, 1.807) is 0 Å². The molecule has 0 spiro atoms. The highest BCUT2D eigenvalue weighted by Crippen LogP contribution is 2.12. The number of carbonyl (C=O) groups is 1. The highest BCUT2D eigenvalue weighted by Gasteiger charge is 2.30. The number of aliphatic hydroxyl groups excluding tert-OH is 1. The van der Waals surface area contributed by atoms with Crippen molar-refractivity contribution in [2.24, 2.45) is 5.92 Å². The molecular weight excluding hydrogens is 206 g/mol. The summed E-state index contributed by atoms with van der Waals surface area (Å²) in [6.45, 7) is -0.623. The predicted molar refractivity (Wildman–Crippen MR) is 50.6 cm³/mol. The van der Waals surface area contributed by atoms with Gasteiger partial charge in [-0.05, 0) is 19.4 Å². The van der Waals surface area contributed by atoms with Gasteiger partial charge in [0.1, 0.15) is 6.61 Å². The number of hydrogen-bond donors (Lipinski definition) is 3. The maximum Gasteiger partial charge on any atom is 0.287 e. The summed E-state index contributed by atoms with van der Waals surface area (Å²) >= 11 is 0. The normalized spacial score (nSPS) is 22.5. The summed E-state index contributed by atoms with van der Waals surface area (Å²) in [5.74, 6) is -3.82. The van der Waals surface area contributed by atoms with Crippen LogP contribution >= 0.6 is 0 Å². The lowest BCUT2D eigenvalue weighted by Crippen LogP contribution is -2.45. The Morgan fingerprint density at radius 1 is 1.60 bits per heavy atom. The zero-order valence-electron chi connectivity index (χ0n) is 8.43. The first-order valence-electron chi connectivity index (χ1n) is 5.02. The number of halogens is 2. The fourth-order valence-corrected chi connectivity index (χ4v) is 1.49. The summed E-state index contributed by atoms with van der Waals surface area (Å²) in [5, 5.41) is 13.5. The molecule has 1 rings (SSSR count). The Bertz CT molecular complexity index is 218. The van der Waals surface area contributed by atoms with Crippen molar-refractivity contribution in [2.45, 2.75) is 18.8 Å². The SMILES string of the molecule is O=C(NCC(F)(F)CO)C1CCCNC1. The zero-order chi connectivity index (χ0) is 11.3. The molecule has 1 saturated heterocycles. The van der Waals surface area contributed by atoms with Crippen molar-refractivity contribution < 1.29 is 18.7 Å². The van der Waals surface area contributed by atoms with Crippen molar-refractivity contribution in [3.8, 4) is 0 Å². The van der Waals surface area contributed by atoms with Gasteiger partial charge >= 0.3 is 0 Å². The average molecular weight is 222 g/mol. The Morgan fingerprint density at radius 3 is 2.87 bits per heavy atom. The van der Waals surface area contributed by atoms with Gasteiger partial charge in [-0.3, -0.25) is 4.79 Å². The van der Waals surface area contributed by atoms with Gasteiger partial charge in [-0.1, -0.05) is 0 Å². The molecule has 4 nitrogen and oxygen atoms in total. The minimum absolute atomic E-state index is 0.228. The molecule has 0 radical (unpaired) electrons. The Morgan fingerprint density at radius 2 is 2.33 bits per heavy atom. The Balaban J connectivity index is 2.28. The molecule has 0 aromatic carbocycles. The van der Waals surface area contributed by atoms with Crippen molar-refractivity contribution in [1.29, 1.82) is 0 Å². The van der Waals surface area contributed by atoms with Crippen molar-refractivity contribution in [3.63, 3.8) is 0 Å². The van der Waals surface area contributed by atoms with Crippen LogP contribution in [-0.2, 0) is 4.79 Å². The summed E-state index contributed by atoms with van der Waals surface area (Å²) in [7, 11) is 0. The molecule has 0 saturated carbocycles. The first-order chi connectivity index (χ1) is 7.05. The quantitative estimate of drug-likeness (QED) is 0.613. The van der Waals surface area contributed by atoms with E-state index in [0.29, 0.717) is 6.54 Å². The highest BCUT2D eigenvalue weighted by molar-refractivity contribution is 5.79. The van der Waals surface area contributed by atoms with Crippen LogP contribution in [0.15, 0.2) is 0 Å². The summed E-state index contributed by atoms with van der Waals surface area (Å²) in [4.78, 5) is 11.4. The molecular formula is C9H16F2N2O2. The largest absolute Gasteiger partial charge is 0.390 e. The van der Waals surface area contributed by atoms with E-state index in [-0.39, 0.29) is 11.8 Å². The molecule has 3 N–H and O–H groups in total. The van der Waals surface area contributed by atoms with Gasteiger partial charge in [0.05, 0.1) is 12.5 Å².